The maximum Gasteiger partial charge on any atom is 0.243 e. The third-order valence-corrected chi connectivity index (χ3v) is 6.54. The highest BCUT2D eigenvalue weighted by atomic mass is 16.2. The van der Waals surface area contributed by atoms with Crippen LogP contribution in [0.5, 0.6) is 0 Å². The molecule has 2 amide bonds. The zero-order valence-corrected chi connectivity index (χ0v) is 17.8. The first-order chi connectivity index (χ1) is 14.4. The highest BCUT2D eigenvalue weighted by molar-refractivity contribution is 5.87. The zero-order valence-electron chi connectivity index (χ0n) is 17.8. The number of hydrogen-bond donors (Lipinski definition) is 2. The summed E-state index contributed by atoms with van der Waals surface area (Å²) in [6, 6.07) is 8.15. The van der Waals surface area contributed by atoms with Crippen molar-refractivity contribution >= 4 is 11.8 Å². The summed E-state index contributed by atoms with van der Waals surface area (Å²) < 4.78 is 2.10. The van der Waals surface area contributed by atoms with Crippen LogP contribution in [-0.4, -0.2) is 44.4 Å². The van der Waals surface area contributed by atoms with E-state index in [1.165, 1.54) is 18.1 Å². The number of nitrogens with zero attached hydrogens (tertiary/aromatic N) is 3. The number of amides is 2. The molecule has 1 fully saturated rings. The Morgan fingerprint density at radius 3 is 2.63 bits per heavy atom. The molecule has 0 spiro atoms. The predicted molar refractivity (Wildman–Crippen MR) is 115 cm³/mol. The summed E-state index contributed by atoms with van der Waals surface area (Å²) in [5.41, 5.74) is 10.4. The summed E-state index contributed by atoms with van der Waals surface area (Å²) in [5, 5.41) is 3.16. The molecule has 7 heteroatoms. The van der Waals surface area contributed by atoms with Gasteiger partial charge in [0.15, 0.2) is 0 Å². The number of aryl methyl sites for hydroxylation is 1. The number of carbonyl (C=O) groups is 2. The minimum Gasteiger partial charge on any atom is -0.352 e. The molecule has 1 saturated carbocycles. The molecular formula is C23H31N5O2. The molecule has 2 heterocycles. The van der Waals surface area contributed by atoms with Crippen molar-refractivity contribution in [1.29, 1.82) is 0 Å². The van der Waals surface area contributed by atoms with Gasteiger partial charge in [0.05, 0.1) is 24.3 Å². The molecule has 0 saturated heterocycles. The first-order valence-corrected chi connectivity index (χ1v) is 10.8. The first-order valence-electron chi connectivity index (χ1n) is 10.8. The van der Waals surface area contributed by atoms with E-state index in [1.54, 1.807) is 4.90 Å². The fourth-order valence-electron chi connectivity index (χ4n) is 4.60. The average molecular weight is 410 g/mol. The molecule has 1 atom stereocenters. The van der Waals surface area contributed by atoms with Gasteiger partial charge in [-0.25, -0.2) is 4.98 Å². The van der Waals surface area contributed by atoms with E-state index in [1.807, 2.05) is 18.5 Å². The van der Waals surface area contributed by atoms with Crippen molar-refractivity contribution in [3.8, 4) is 0 Å². The number of aromatic nitrogens is 2. The van der Waals surface area contributed by atoms with E-state index in [9.17, 15) is 9.59 Å². The SMILES string of the molecule is CC(=O)N1Cc2c(ncn2Cc2ccccc2C)CC1C(=O)NC1CCC(N)CC1. The molecule has 1 unspecified atom stereocenters. The summed E-state index contributed by atoms with van der Waals surface area (Å²) in [4.78, 5) is 31.7. The van der Waals surface area contributed by atoms with E-state index in [0.29, 0.717) is 19.5 Å². The van der Waals surface area contributed by atoms with Crippen LogP contribution >= 0.6 is 0 Å². The second kappa shape index (κ2) is 8.60. The molecule has 0 radical (unpaired) electrons. The van der Waals surface area contributed by atoms with Crippen molar-refractivity contribution in [1.82, 2.24) is 19.8 Å². The molecule has 30 heavy (non-hydrogen) atoms. The van der Waals surface area contributed by atoms with Gasteiger partial charge in [0, 0.05) is 32.0 Å². The Labute approximate surface area is 177 Å². The third-order valence-electron chi connectivity index (χ3n) is 6.54. The van der Waals surface area contributed by atoms with Crippen LogP contribution in [0, 0.1) is 6.92 Å². The van der Waals surface area contributed by atoms with E-state index in [-0.39, 0.29) is 23.9 Å². The van der Waals surface area contributed by atoms with Crippen molar-refractivity contribution < 1.29 is 9.59 Å². The molecule has 1 aliphatic carbocycles. The first kappa shape index (κ1) is 20.6. The van der Waals surface area contributed by atoms with E-state index in [0.717, 1.165) is 37.1 Å². The maximum absolute atomic E-state index is 13.0. The minimum absolute atomic E-state index is 0.0789. The second-order valence-electron chi connectivity index (χ2n) is 8.68. The van der Waals surface area contributed by atoms with Gasteiger partial charge in [0.2, 0.25) is 11.8 Å². The van der Waals surface area contributed by atoms with Crippen LogP contribution in [0.4, 0.5) is 0 Å². The van der Waals surface area contributed by atoms with E-state index in [2.05, 4.69) is 33.9 Å². The number of nitrogens with two attached hydrogens (primary N) is 1. The van der Waals surface area contributed by atoms with E-state index < -0.39 is 6.04 Å². The van der Waals surface area contributed by atoms with Crippen LogP contribution in [0.25, 0.3) is 0 Å². The third kappa shape index (κ3) is 4.26. The van der Waals surface area contributed by atoms with Crippen LogP contribution in [0.15, 0.2) is 30.6 Å². The summed E-state index contributed by atoms with van der Waals surface area (Å²) >= 11 is 0. The van der Waals surface area contributed by atoms with Gasteiger partial charge < -0.3 is 20.5 Å². The van der Waals surface area contributed by atoms with Gasteiger partial charge in [-0.2, -0.15) is 0 Å². The monoisotopic (exact) mass is 409 g/mol. The second-order valence-corrected chi connectivity index (χ2v) is 8.68. The lowest BCUT2D eigenvalue weighted by atomic mass is 9.91. The van der Waals surface area contributed by atoms with Gasteiger partial charge in [-0.3, -0.25) is 9.59 Å². The molecule has 160 valence electrons. The predicted octanol–water partition coefficient (Wildman–Crippen LogP) is 1.90. The average Bonchev–Trinajstić information content (AvgIpc) is 3.12. The Hall–Kier alpha value is -2.67. The maximum atomic E-state index is 13.0. The van der Waals surface area contributed by atoms with Gasteiger partial charge in [0.1, 0.15) is 6.04 Å². The van der Waals surface area contributed by atoms with Gasteiger partial charge >= 0.3 is 0 Å². The minimum atomic E-state index is -0.507. The Morgan fingerprint density at radius 1 is 1.20 bits per heavy atom. The Morgan fingerprint density at radius 2 is 1.93 bits per heavy atom. The van der Waals surface area contributed by atoms with Crippen LogP contribution in [-0.2, 0) is 29.1 Å². The largest absolute Gasteiger partial charge is 0.352 e. The lowest BCUT2D eigenvalue weighted by molar-refractivity contribution is -0.140. The molecule has 4 rings (SSSR count). The smallest absolute Gasteiger partial charge is 0.243 e. The molecule has 0 bridgehead atoms. The van der Waals surface area contributed by atoms with Crippen molar-refractivity contribution in [3.63, 3.8) is 0 Å². The highest BCUT2D eigenvalue weighted by Gasteiger charge is 2.36. The number of hydrogen-bond acceptors (Lipinski definition) is 4. The zero-order chi connectivity index (χ0) is 21.3. The quantitative estimate of drug-likeness (QED) is 0.807. The van der Waals surface area contributed by atoms with Gasteiger partial charge in [0.25, 0.3) is 0 Å². The van der Waals surface area contributed by atoms with Crippen molar-refractivity contribution in [2.45, 2.75) is 77.2 Å². The number of nitrogens with one attached hydrogen (secondary N) is 1. The summed E-state index contributed by atoms with van der Waals surface area (Å²) in [6.45, 7) is 4.75. The summed E-state index contributed by atoms with van der Waals surface area (Å²) in [6.07, 6.45) is 5.94. The van der Waals surface area contributed by atoms with E-state index >= 15 is 0 Å². The van der Waals surface area contributed by atoms with Crippen molar-refractivity contribution in [3.05, 3.63) is 53.1 Å². The van der Waals surface area contributed by atoms with Crippen LogP contribution in [0.1, 0.15) is 55.1 Å². The molecule has 3 N–H and O–H groups in total. The van der Waals surface area contributed by atoms with Gasteiger partial charge in [-0.05, 0) is 43.7 Å². The number of carbonyl (C=O) groups excluding carboxylic acids is 2. The Balaban J connectivity index is 1.51. The van der Waals surface area contributed by atoms with Gasteiger partial charge in [-0.15, -0.1) is 0 Å². The molecule has 1 aromatic heterocycles. The standard InChI is InChI=1S/C23H31N5O2/c1-15-5-3-4-6-17(15)12-27-14-25-20-11-21(28(16(2)29)13-22(20)27)23(30)26-19-9-7-18(24)8-10-19/h3-6,14,18-19,21H,7-13,24H2,1-2H3,(H,26,30). The molecule has 1 aromatic carbocycles. The number of fused-ring (bicyclic) bond motifs is 1. The lowest BCUT2D eigenvalue weighted by Gasteiger charge is -2.36. The molecule has 7 nitrogen and oxygen atoms in total. The fourth-order valence-corrected chi connectivity index (χ4v) is 4.60. The number of rotatable bonds is 4. The van der Waals surface area contributed by atoms with Crippen LogP contribution in [0.2, 0.25) is 0 Å². The van der Waals surface area contributed by atoms with Crippen molar-refractivity contribution in [2.75, 3.05) is 0 Å². The molecule has 1 aliphatic heterocycles. The van der Waals surface area contributed by atoms with Crippen LogP contribution < -0.4 is 11.1 Å². The Bertz CT molecular complexity index is 929. The van der Waals surface area contributed by atoms with Crippen LogP contribution in [0.3, 0.4) is 0 Å². The fraction of sp³-hybridized carbons (Fsp3) is 0.522. The Kier molecular flexibility index (Phi) is 5.90. The highest BCUT2D eigenvalue weighted by Crippen LogP contribution is 2.25. The van der Waals surface area contributed by atoms with E-state index in [4.69, 9.17) is 5.73 Å². The molecular weight excluding hydrogens is 378 g/mol. The number of benzene rings is 1. The molecule has 2 aromatic rings. The topological polar surface area (TPSA) is 93.2 Å². The van der Waals surface area contributed by atoms with Gasteiger partial charge in [-0.1, -0.05) is 24.3 Å². The number of imidazole rings is 1. The lowest BCUT2D eigenvalue weighted by Crippen LogP contribution is -2.54. The normalized spacial score (nSPS) is 23.7. The summed E-state index contributed by atoms with van der Waals surface area (Å²) in [5.74, 6) is -0.167. The summed E-state index contributed by atoms with van der Waals surface area (Å²) in [7, 11) is 0. The molecule has 2 aliphatic rings. The van der Waals surface area contributed by atoms with Crippen molar-refractivity contribution in [2.24, 2.45) is 5.73 Å².